The highest BCUT2D eigenvalue weighted by atomic mass is 16.2. The van der Waals surface area contributed by atoms with E-state index in [0.717, 1.165) is 25.7 Å². The molecule has 3 rings (SSSR count). The molecular formula is C24H30N4O3. The van der Waals surface area contributed by atoms with Gasteiger partial charge in [0.1, 0.15) is 0 Å². The summed E-state index contributed by atoms with van der Waals surface area (Å²) in [6, 6.07) is 14.2. The molecule has 7 heteroatoms. The Morgan fingerprint density at radius 3 is 2.23 bits per heavy atom. The normalized spacial score (nSPS) is 13.8. The molecule has 0 saturated heterocycles. The van der Waals surface area contributed by atoms with E-state index in [0.29, 0.717) is 29.0 Å². The van der Waals surface area contributed by atoms with Gasteiger partial charge in [0, 0.05) is 35.1 Å². The summed E-state index contributed by atoms with van der Waals surface area (Å²) in [4.78, 5) is 36.8. The summed E-state index contributed by atoms with van der Waals surface area (Å²) in [5, 5.41) is 11.7. The molecule has 0 radical (unpaired) electrons. The van der Waals surface area contributed by atoms with E-state index in [4.69, 9.17) is 0 Å². The van der Waals surface area contributed by atoms with E-state index in [2.05, 4.69) is 21.3 Å². The third-order valence-electron chi connectivity index (χ3n) is 5.26. The Labute approximate surface area is 183 Å². The Morgan fingerprint density at radius 1 is 0.871 bits per heavy atom. The van der Waals surface area contributed by atoms with Gasteiger partial charge in [0.15, 0.2) is 0 Å². The van der Waals surface area contributed by atoms with Gasteiger partial charge in [-0.1, -0.05) is 31.4 Å². The summed E-state index contributed by atoms with van der Waals surface area (Å²) in [5.41, 5.74) is 2.31. The lowest BCUT2D eigenvalue weighted by molar-refractivity contribution is -0.114. The first-order valence-electron chi connectivity index (χ1n) is 10.9. The number of hydrogen-bond donors (Lipinski definition) is 4. The van der Waals surface area contributed by atoms with Gasteiger partial charge in [-0.05, 0) is 56.2 Å². The number of benzene rings is 2. The maximum Gasteiger partial charge on any atom is 0.251 e. The topological polar surface area (TPSA) is 99.3 Å². The predicted octanol–water partition coefficient (Wildman–Crippen LogP) is 3.55. The van der Waals surface area contributed by atoms with E-state index in [9.17, 15) is 14.4 Å². The van der Waals surface area contributed by atoms with E-state index in [1.54, 1.807) is 48.5 Å². The molecule has 164 valence electrons. The summed E-state index contributed by atoms with van der Waals surface area (Å²) in [6.45, 7) is 2.45. The molecule has 1 saturated carbocycles. The van der Waals surface area contributed by atoms with Gasteiger partial charge in [-0.2, -0.15) is 0 Å². The molecule has 1 aliphatic carbocycles. The van der Waals surface area contributed by atoms with E-state index in [1.165, 1.54) is 6.42 Å². The van der Waals surface area contributed by atoms with Crippen molar-refractivity contribution in [2.75, 3.05) is 23.7 Å². The average Bonchev–Trinajstić information content (AvgIpc) is 2.79. The highest BCUT2D eigenvalue weighted by Gasteiger charge is 2.17. The largest absolute Gasteiger partial charge is 0.376 e. The van der Waals surface area contributed by atoms with Gasteiger partial charge < -0.3 is 21.3 Å². The minimum atomic E-state index is -0.242. The van der Waals surface area contributed by atoms with Crippen LogP contribution < -0.4 is 21.3 Å². The van der Waals surface area contributed by atoms with Gasteiger partial charge in [0.25, 0.3) is 11.8 Å². The maximum atomic E-state index is 12.5. The van der Waals surface area contributed by atoms with Crippen LogP contribution in [0.4, 0.5) is 11.4 Å². The van der Waals surface area contributed by atoms with Crippen LogP contribution in [0.5, 0.6) is 0 Å². The molecule has 3 amide bonds. The van der Waals surface area contributed by atoms with Crippen molar-refractivity contribution in [3.05, 3.63) is 59.7 Å². The van der Waals surface area contributed by atoms with Crippen LogP contribution in [0.3, 0.4) is 0 Å². The molecule has 0 aromatic heterocycles. The lowest BCUT2D eigenvalue weighted by Crippen LogP contribution is -2.36. The minimum absolute atomic E-state index is 0.0390. The Balaban J connectivity index is 1.52. The van der Waals surface area contributed by atoms with Crippen LogP contribution in [0.25, 0.3) is 0 Å². The van der Waals surface area contributed by atoms with Gasteiger partial charge in [-0.3, -0.25) is 14.4 Å². The van der Waals surface area contributed by atoms with Crippen LogP contribution in [0.1, 0.15) is 59.7 Å². The Morgan fingerprint density at radius 2 is 1.52 bits per heavy atom. The molecule has 0 unspecified atom stereocenters. The van der Waals surface area contributed by atoms with Gasteiger partial charge in [0.05, 0.1) is 6.54 Å². The molecule has 2 aromatic carbocycles. The number of nitrogens with one attached hydrogen (secondary N) is 4. The average molecular weight is 423 g/mol. The number of rotatable bonds is 8. The van der Waals surface area contributed by atoms with Crippen molar-refractivity contribution in [3.63, 3.8) is 0 Å². The second-order valence-corrected chi connectivity index (χ2v) is 7.73. The molecule has 7 nitrogen and oxygen atoms in total. The third-order valence-corrected chi connectivity index (χ3v) is 5.26. The Bertz CT molecular complexity index is 923. The standard InChI is InChI=1S/C24H30N4O3/c1-2-25-23(30)17-8-6-12-20(14-17)26-16-22(29)27-21-13-7-9-18(15-21)24(31)28-19-10-4-3-5-11-19/h6-9,12-15,19,26H,2-5,10-11,16H2,1H3,(H,25,30)(H,27,29)(H,28,31). The van der Waals surface area contributed by atoms with Crippen molar-refractivity contribution >= 4 is 29.1 Å². The molecular weight excluding hydrogens is 392 g/mol. The van der Waals surface area contributed by atoms with Crippen LogP contribution in [-0.4, -0.2) is 36.9 Å². The van der Waals surface area contributed by atoms with Gasteiger partial charge in [-0.25, -0.2) is 0 Å². The number of amides is 3. The second-order valence-electron chi connectivity index (χ2n) is 7.73. The molecule has 1 fully saturated rings. The summed E-state index contributed by atoms with van der Waals surface area (Å²) in [6.07, 6.45) is 5.59. The minimum Gasteiger partial charge on any atom is -0.376 e. The third kappa shape index (κ3) is 6.84. The number of hydrogen-bond acceptors (Lipinski definition) is 4. The number of anilines is 2. The van der Waals surface area contributed by atoms with Crippen LogP contribution in [0.2, 0.25) is 0 Å². The summed E-state index contributed by atoms with van der Waals surface area (Å²) in [7, 11) is 0. The van der Waals surface area contributed by atoms with Crippen LogP contribution in [-0.2, 0) is 4.79 Å². The van der Waals surface area contributed by atoms with Crippen molar-refractivity contribution < 1.29 is 14.4 Å². The van der Waals surface area contributed by atoms with Crippen LogP contribution in [0.15, 0.2) is 48.5 Å². The highest BCUT2D eigenvalue weighted by molar-refractivity contribution is 5.98. The second kappa shape index (κ2) is 11.2. The van der Waals surface area contributed by atoms with Crippen molar-refractivity contribution in [3.8, 4) is 0 Å². The summed E-state index contributed by atoms with van der Waals surface area (Å²) in [5.74, 6) is -0.504. The number of carbonyl (C=O) groups excluding carboxylic acids is 3. The molecule has 0 spiro atoms. The van der Waals surface area contributed by atoms with E-state index in [-0.39, 0.29) is 30.3 Å². The van der Waals surface area contributed by atoms with E-state index >= 15 is 0 Å². The van der Waals surface area contributed by atoms with E-state index in [1.807, 2.05) is 6.92 Å². The molecule has 0 atom stereocenters. The van der Waals surface area contributed by atoms with Crippen molar-refractivity contribution in [1.29, 1.82) is 0 Å². The summed E-state index contributed by atoms with van der Waals surface area (Å²) >= 11 is 0. The zero-order valence-corrected chi connectivity index (χ0v) is 17.9. The van der Waals surface area contributed by atoms with Gasteiger partial charge in [-0.15, -0.1) is 0 Å². The van der Waals surface area contributed by atoms with Crippen LogP contribution in [0, 0.1) is 0 Å². The summed E-state index contributed by atoms with van der Waals surface area (Å²) < 4.78 is 0. The van der Waals surface area contributed by atoms with Gasteiger partial charge >= 0.3 is 0 Å². The lowest BCUT2D eigenvalue weighted by Gasteiger charge is -2.22. The van der Waals surface area contributed by atoms with Crippen molar-refractivity contribution in [2.24, 2.45) is 0 Å². The smallest absolute Gasteiger partial charge is 0.251 e. The van der Waals surface area contributed by atoms with Crippen molar-refractivity contribution in [2.45, 2.75) is 45.1 Å². The molecule has 0 bridgehead atoms. The Hall–Kier alpha value is -3.35. The highest BCUT2D eigenvalue weighted by Crippen LogP contribution is 2.18. The zero-order chi connectivity index (χ0) is 22.1. The fourth-order valence-electron chi connectivity index (χ4n) is 3.67. The van der Waals surface area contributed by atoms with Gasteiger partial charge in [0.2, 0.25) is 5.91 Å². The number of carbonyl (C=O) groups is 3. The molecule has 1 aliphatic rings. The Kier molecular flexibility index (Phi) is 8.04. The molecule has 0 aliphatic heterocycles. The quantitative estimate of drug-likeness (QED) is 0.523. The molecule has 2 aromatic rings. The predicted molar refractivity (Wildman–Crippen MR) is 122 cm³/mol. The monoisotopic (exact) mass is 422 g/mol. The fourth-order valence-corrected chi connectivity index (χ4v) is 3.67. The zero-order valence-electron chi connectivity index (χ0n) is 17.9. The van der Waals surface area contributed by atoms with Crippen LogP contribution >= 0.6 is 0 Å². The molecule has 0 heterocycles. The van der Waals surface area contributed by atoms with Crippen molar-refractivity contribution in [1.82, 2.24) is 10.6 Å². The first kappa shape index (κ1) is 22.3. The van der Waals surface area contributed by atoms with E-state index < -0.39 is 0 Å². The lowest BCUT2D eigenvalue weighted by atomic mass is 9.95. The first-order valence-corrected chi connectivity index (χ1v) is 10.9. The fraction of sp³-hybridized carbons (Fsp3) is 0.375. The SMILES string of the molecule is CCNC(=O)c1cccc(NCC(=O)Nc2cccc(C(=O)NC3CCCCC3)c2)c1. The molecule has 4 N–H and O–H groups in total. The first-order chi connectivity index (χ1) is 15.0. The maximum absolute atomic E-state index is 12.5. The molecule has 31 heavy (non-hydrogen) atoms.